The van der Waals surface area contributed by atoms with Gasteiger partial charge in [0.1, 0.15) is 10.9 Å². The average molecular weight is 522 g/mol. The van der Waals surface area contributed by atoms with Gasteiger partial charge in [0.15, 0.2) is 0 Å². The first-order valence-electron chi connectivity index (χ1n) is 9.69. The number of methoxy groups -OCH3 is 1. The van der Waals surface area contributed by atoms with Crippen LogP contribution in [0.4, 0.5) is 5.69 Å². The lowest BCUT2D eigenvalue weighted by Crippen LogP contribution is -2.23. The highest BCUT2D eigenvalue weighted by atomic mass is 35.5. The van der Waals surface area contributed by atoms with Crippen LogP contribution in [0.1, 0.15) is 15.9 Å². The highest BCUT2D eigenvalue weighted by Gasteiger charge is 2.27. The molecule has 0 fully saturated rings. The summed E-state index contributed by atoms with van der Waals surface area (Å²) in [6.45, 7) is 0.265. The number of ether oxygens (including phenoxy) is 1. The lowest BCUT2D eigenvalue weighted by molar-refractivity contribution is -0.112. The van der Waals surface area contributed by atoms with Crippen LogP contribution in [0.2, 0.25) is 20.2 Å². The second-order valence-corrected chi connectivity index (χ2v) is 8.80. The predicted octanol–water partition coefficient (Wildman–Crippen LogP) is 7.13. The second kappa shape index (κ2) is 9.65. The maximum Gasteiger partial charge on any atom is 0.296 e. The van der Waals surface area contributed by atoms with Gasteiger partial charge in [0, 0.05) is 26.1 Å². The van der Waals surface area contributed by atoms with Crippen LogP contribution in [0.25, 0.3) is 10.9 Å². The molecule has 33 heavy (non-hydrogen) atoms. The normalized spacial score (nSPS) is 10.9. The molecule has 168 valence electrons. The van der Waals surface area contributed by atoms with E-state index in [2.05, 4.69) is 5.32 Å². The minimum Gasteiger partial charge on any atom is -0.497 e. The summed E-state index contributed by atoms with van der Waals surface area (Å²) in [6, 6.07) is 16.8. The van der Waals surface area contributed by atoms with E-state index in [1.807, 2.05) is 0 Å². The van der Waals surface area contributed by atoms with Gasteiger partial charge in [-0.2, -0.15) is 0 Å². The molecular weight excluding hydrogens is 506 g/mol. The molecule has 4 aromatic rings. The minimum atomic E-state index is -0.842. The van der Waals surface area contributed by atoms with Crippen molar-refractivity contribution in [2.75, 3.05) is 12.4 Å². The quantitative estimate of drug-likeness (QED) is 0.217. The summed E-state index contributed by atoms with van der Waals surface area (Å²) >= 11 is 25.0. The van der Waals surface area contributed by atoms with Crippen molar-refractivity contribution in [2.45, 2.75) is 6.54 Å². The van der Waals surface area contributed by atoms with Gasteiger partial charge in [-0.15, -0.1) is 0 Å². The number of halogens is 4. The Bertz CT molecular complexity index is 1400. The molecule has 0 saturated heterocycles. The van der Waals surface area contributed by atoms with Gasteiger partial charge in [0.05, 0.1) is 24.7 Å². The molecule has 0 unspecified atom stereocenters. The van der Waals surface area contributed by atoms with Gasteiger partial charge < -0.3 is 14.6 Å². The molecule has 0 spiro atoms. The molecule has 4 rings (SSSR count). The zero-order chi connectivity index (χ0) is 23.7. The van der Waals surface area contributed by atoms with Crippen molar-refractivity contribution in [1.82, 2.24) is 4.57 Å². The first kappa shape index (κ1) is 23.5. The number of hydrogen-bond donors (Lipinski definition) is 1. The molecule has 1 heterocycles. The Balaban J connectivity index is 1.79. The molecule has 0 saturated carbocycles. The van der Waals surface area contributed by atoms with Crippen molar-refractivity contribution in [2.24, 2.45) is 0 Å². The number of fused-ring (bicyclic) bond motifs is 1. The third-order valence-electron chi connectivity index (χ3n) is 5.07. The number of Topliss-reactive ketones (excluding diaryl/α,β-unsaturated/α-hetero) is 1. The second-order valence-electron chi connectivity index (χ2n) is 7.16. The fraction of sp³-hybridized carbons (Fsp3) is 0.0833. The predicted molar refractivity (Wildman–Crippen MR) is 133 cm³/mol. The van der Waals surface area contributed by atoms with Crippen molar-refractivity contribution in [3.8, 4) is 5.75 Å². The largest absolute Gasteiger partial charge is 0.497 e. The number of nitrogens with one attached hydrogen (secondary N) is 1. The third-order valence-corrected chi connectivity index (χ3v) is 6.28. The van der Waals surface area contributed by atoms with Gasteiger partial charge >= 0.3 is 0 Å². The molecule has 1 N–H and O–H groups in total. The Morgan fingerprint density at radius 2 is 1.70 bits per heavy atom. The number of anilines is 1. The van der Waals surface area contributed by atoms with E-state index in [4.69, 9.17) is 51.1 Å². The van der Waals surface area contributed by atoms with Crippen molar-refractivity contribution < 1.29 is 14.3 Å². The molecule has 5 nitrogen and oxygen atoms in total. The van der Waals surface area contributed by atoms with E-state index in [9.17, 15) is 9.59 Å². The fourth-order valence-electron chi connectivity index (χ4n) is 3.49. The number of ketones is 1. The van der Waals surface area contributed by atoms with Gasteiger partial charge in [0.2, 0.25) is 0 Å². The zero-order valence-electron chi connectivity index (χ0n) is 17.2. The SMILES string of the molecule is COc1ccc2c(c1)c(C(=O)C(=O)Nc1cccc(Cl)c1)c(Cl)n2Cc1ccc(Cl)cc1Cl. The molecule has 3 aromatic carbocycles. The number of nitrogens with zero attached hydrogens (tertiary/aromatic N) is 1. The van der Waals surface area contributed by atoms with Gasteiger partial charge in [0.25, 0.3) is 11.7 Å². The number of rotatable bonds is 6. The molecule has 0 atom stereocenters. The summed E-state index contributed by atoms with van der Waals surface area (Å²) in [7, 11) is 1.51. The van der Waals surface area contributed by atoms with E-state index in [1.54, 1.807) is 65.2 Å². The minimum absolute atomic E-state index is 0.0650. The van der Waals surface area contributed by atoms with Crippen molar-refractivity contribution >= 4 is 74.7 Å². The number of aromatic nitrogens is 1. The lowest BCUT2D eigenvalue weighted by atomic mass is 10.1. The first-order valence-corrected chi connectivity index (χ1v) is 11.2. The summed E-state index contributed by atoms with van der Waals surface area (Å²) < 4.78 is 7.03. The Kier molecular flexibility index (Phi) is 6.86. The van der Waals surface area contributed by atoms with E-state index < -0.39 is 11.7 Å². The van der Waals surface area contributed by atoms with E-state index in [-0.39, 0.29) is 17.3 Å². The molecule has 0 aliphatic carbocycles. The maximum atomic E-state index is 13.2. The number of amides is 1. The molecule has 1 aromatic heterocycles. The number of benzene rings is 3. The monoisotopic (exact) mass is 520 g/mol. The van der Waals surface area contributed by atoms with E-state index in [0.717, 1.165) is 5.56 Å². The summed E-state index contributed by atoms with van der Waals surface area (Å²) in [4.78, 5) is 26.0. The van der Waals surface area contributed by atoms with Crippen LogP contribution in [0.5, 0.6) is 5.75 Å². The lowest BCUT2D eigenvalue weighted by Gasteiger charge is -2.10. The summed E-state index contributed by atoms with van der Waals surface area (Å²) in [6.07, 6.45) is 0. The summed E-state index contributed by atoms with van der Waals surface area (Å²) in [5.41, 5.74) is 1.85. The van der Waals surface area contributed by atoms with Crippen LogP contribution in [0.3, 0.4) is 0 Å². The van der Waals surface area contributed by atoms with Crippen molar-refractivity contribution in [3.63, 3.8) is 0 Å². The molecular formula is C24H16Cl4N2O3. The van der Waals surface area contributed by atoms with Crippen LogP contribution in [-0.2, 0) is 11.3 Å². The Labute approximate surface area is 209 Å². The highest BCUT2D eigenvalue weighted by Crippen LogP contribution is 2.35. The standard InChI is InChI=1S/C24H16Cl4N2O3/c1-33-17-7-8-20-18(11-17)21(22(31)24(32)29-16-4-2-3-14(25)9-16)23(28)30(20)12-13-5-6-15(26)10-19(13)27/h2-11H,12H2,1H3,(H,29,32). The van der Waals surface area contributed by atoms with E-state index in [0.29, 0.717) is 37.4 Å². The molecule has 0 aliphatic rings. The van der Waals surface area contributed by atoms with Crippen molar-refractivity contribution in [1.29, 1.82) is 0 Å². The smallest absolute Gasteiger partial charge is 0.296 e. The molecule has 1 amide bonds. The molecule has 0 bridgehead atoms. The Morgan fingerprint density at radius 1 is 0.939 bits per heavy atom. The first-order chi connectivity index (χ1) is 15.8. The molecule has 0 radical (unpaired) electrons. The number of carbonyl (C=O) groups is 2. The van der Waals surface area contributed by atoms with E-state index in [1.165, 1.54) is 7.11 Å². The highest BCUT2D eigenvalue weighted by molar-refractivity contribution is 6.52. The molecule has 9 heteroatoms. The van der Waals surface area contributed by atoms with Gasteiger partial charge in [-0.3, -0.25) is 9.59 Å². The average Bonchev–Trinajstić information content (AvgIpc) is 3.05. The van der Waals surface area contributed by atoms with Crippen LogP contribution < -0.4 is 10.1 Å². The summed E-state index contributed by atoms with van der Waals surface area (Å²) in [5, 5.41) is 4.55. The summed E-state index contributed by atoms with van der Waals surface area (Å²) in [5.74, 6) is -1.12. The third kappa shape index (κ3) is 4.82. The van der Waals surface area contributed by atoms with Gasteiger partial charge in [-0.25, -0.2) is 0 Å². The van der Waals surface area contributed by atoms with Gasteiger partial charge in [-0.1, -0.05) is 58.5 Å². The molecule has 0 aliphatic heterocycles. The van der Waals surface area contributed by atoms with Gasteiger partial charge in [-0.05, 0) is 54.1 Å². The van der Waals surface area contributed by atoms with Crippen molar-refractivity contribution in [3.05, 3.63) is 92.0 Å². The maximum absolute atomic E-state index is 13.2. The van der Waals surface area contributed by atoms with Crippen LogP contribution in [0, 0.1) is 0 Å². The zero-order valence-corrected chi connectivity index (χ0v) is 20.2. The van der Waals surface area contributed by atoms with E-state index >= 15 is 0 Å². The fourth-order valence-corrected chi connectivity index (χ4v) is 4.49. The number of hydrogen-bond acceptors (Lipinski definition) is 3. The number of carbonyl (C=O) groups excluding carboxylic acids is 2. The Hall–Kier alpha value is -2.70. The van der Waals surface area contributed by atoms with Crippen LogP contribution in [-0.4, -0.2) is 23.4 Å². The van der Waals surface area contributed by atoms with Crippen LogP contribution in [0.15, 0.2) is 60.7 Å². The topological polar surface area (TPSA) is 60.3 Å². The Morgan fingerprint density at radius 3 is 2.39 bits per heavy atom. The van der Waals surface area contributed by atoms with Crippen LogP contribution >= 0.6 is 46.4 Å².